The van der Waals surface area contributed by atoms with E-state index in [0.717, 1.165) is 61.5 Å². The summed E-state index contributed by atoms with van der Waals surface area (Å²) in [5, 5.41) is 5.90. The Labute approximate surface area is 276 Å². The predicted molar refractivity (Wildman–Crippen MR) is 199 cm³/mol. The summed E-state index contributed by atoms with van der Waals surface area (Å²) in [6, 6.07) is 59.9. The zero-order valence-electron chi connectivity index (χ0n) is 26.0. The van der Waals surface area contributed by atoms with Crippen LogP contribution in [0.4, 0.5) is 0 Å². The first-order valence-electron chi connectivity index (χ1n) is 16.3. The molecule has 0 spiro atoms. The molecule has 0 amide bonds. The van der Waals surface area contributed by atoms with E-state index in [1.165, 1.54) is 27.1 Å². The van der Waals surface area contributed by atoms with E-state index >= 15 is 0 Å². The van der Waals surface area contributed by atoms with Gasteiger partial charge in [0, 0.05) is 43.7 Å². The van der Waals surface area contributed by atoms with Crippen LogP contribution in [0.5, 0.6) is 0 Å². The maximum Gasteiger partial charge on any atom is 0.139 e. The van der Waals surface area contributed by atoms with E-state index in [4.69, 9.17) is 9.97 Å². The van der Waals surface area contributed by atoms with Gasteiger partial charge in [0.25, 0.3) is 0 Å². The molecule has 6 aromatic carbocycles. The van der Waals surface area contributed by atoms with Crippen molar-refractivity contribution in [1.29, 1.82) is 0 Å². The zero-order chi connectivity index (χ0) is 31.6. The molecule has 0 bridgehead atoms. The highest BCUT2D eigenvalue weighted by Crippen LogP contribution is 2.42. The van der Waals surface area contributed by atoms with Gasteiger partial charge in [-0.3, -0.25) is 4.57 Å². The van der Waals surface area contributed by atoms with Crippen LogP contribution < -0.4 is 0 Å². The summed E-state index contributed by atoms with van der Waals surface area (Å²) in [5.41, 5.74) is 10.7. The van der Waals surface area contributed by atoms with Gasteiger partial charge in [-0.2, -0.15) is 0 Å². The van der Waals surface area contributed by atoms with Gasteiger partial charge in [-0.05, 0) is 48.5 Å². The summed E-state index contributed by atoms with van der Waals surface area (Å²) in [7, 11) is 0. The van der Waals surface area contributed by atoms with E-state index in [9.17, 15) is 0 Å². The van der Waals surface area contributed by atoms with E-state index in [-0.39, 0.29) is 0 Å². The second-order valence-corrected chi connectivity index (χ2v) is 12.2. The fourth-order valence-electron chi connectivity index (χ4n) is 7.43. The maximum absolute atomic E-state index is 5.37. The number of nitrogens with zero attached hydrogens (tertiary/aromatic N) is 4. The normalized spacial score (nSPS) is 11.8. The molecule has 0 atom stereocenters. The van der Waals surface area contributed by atoms with Crippen molar-refractivity contribution in [2.75, 3.05) is 0 Å². The molecule has 0 aliphatic carbocycles. The average molecular weight is 613 g/mol. The van der Waals surface area contributed by atoms with E-state index in [1.54, 1.807) is 0 Å². The Bertz CT molecular complexity index is 2830. The van der Waals surface area contributed by atoms with Gasteiger partial charge in [0.1, 0.15) is 5.82 Å². The number of para-hydroxylation sites is 4. The first-order chi connectivity index (χ1) is 23.8. The highest BCUT2D eigenvalue weighted by Gasteiger charge is 2.22. The fraction of sp³-hybridized carbons (Fsp3) is 0. The smallest absolute Gasteiger partial charge is 0.139 e. The Balaban J connectivity index is 1.35. The lowest BCUT2D eigenvalue weighted by Gasteiger charge is -2.15. The van der Waals surface area contributed by atoms with Crippen molar-refractivity contribution in [3.05, 3.63) is 170 Å². The SMILES string of the molecule is c1ccc(-c2cccc(-c3cc(-n4c5ccccc5c5ccc6c7ccccc7n(-c7ccccc7)c6c54)nc4ccccc34)n2)cc1. The Morgan fingerprint density at radius 2 is 0.938 bits per heavy atom. The molecule has 0 fully saturated rings. The molecule has 0 aliphatic rings. The lowest BCUT2D eigenvalue weighted by atomic mass is 10.0. The van der Waals surface area contributed by atoms with Crippen molar-refractivity contribution in [3.8, 4) is 34.0 Å². The third kappa shape index (κ3) is 3.96. The molecule has 0 saturated carbocycles. The molecule has 4 nitrogen and oxygen atoms in total. The number of fused-ring (bicyclic) bond motifs is 8. The van der Waals surface area contributed by atoms with Crippen molar-refractivity contribution >= 4 is 54.5 Å². The third-order valence-electron chi connectivity index (χ3n) is 9.51. The predicted octanol–water partition coefficient (Wildman–Crippen LogP) is 11.2. The molecule has 0 N–H and O–H groups in total. The van der Waals surface area contributed by atoms with Crippen LogP contribution in [0.3, 0.4) is 0 Å². The first-order valence-corrected chi connectivity index (χ1v) is 16.3. The van der Waals surface area contributed by atoms with Gasteiger partial charge in [0.15, 0.2) is 0 Å². The summed E-state index contributed by atoms with van der Waals surface area (Å²) < 4.78 is 4.78. The molecule has 4 aromatic heterocycles. The van der Waals surface area contributed by atoms with Gasteiger partial charge >= 0.3 is 0 Å². The maximum atomic E-state index is 5.37. The van der Waals surface area contributed by atoms with Crippen molar-refractivity contribution in [1.82, 2.24) is 19.1 Å². The molecular weight excluding hydrogens is 585 g/mol. The number of hydrogen-bond donors (Lipinski definition) is 0. The minimum absolute atomic E-state index is 0.860. The Hall–Kier alpha value is -6.52. The van der Waals surface area contributed by atoms with Crippen LogP contribution in [-0.2, 0) is 0 Å². The van der Waals surface area contributed by atoms with E-state index in [0.29, 0.717) is 0 Å². The standard InChI is InChI=1S/C44H28N4/c1-3-14-29(15-4-1)37-22-13-23-39(45-37)36-28-42(46-38-21-10-7-18-31(36)38)48-41-25-12-9-20-33(41)35-27-26-34-32-19-8-11-24-40(32)47(43(34)44(35)48)30-16-5-2-6-17-30/h1-28H. The zero-order valence-corrected chi connectivity index (χ0v) is 26.0. The monoisotopic (exact) mass is 612 g/mol. The van der Waals surface area contributed by atoms with Crippen LogP contribution in [0, 0.1) is 0 Å². The van der Waals surface area contributed by atoms with Crippen molar-refractivity contribution in [2.24, 2.45) is 0 Å². The first kappa shape index (κ1) is 26.7. The second-order valence-electron chi connectivity index (χ2n) is 12.2. The summed E-state index contributed by atoms with van der Waals surface area (Å²) in [4.78, 5) is 10.6. The van der Waals surface area contributed by atoms with Crippen LogP contribution in [0.25, 0.3) is 88.5 Å². The molecule has 48 heavy (non-hydrogen) atoms. The Morgan fingerprint density at radius 3 is 1.67 bits per heavy atom. The molecule has 4 heteroatoms. The molecule has 0 unspecified atom stereocenters. The Morgan fingerprint density at radius 1 is 0.375 bits per heavy atom. The van der Waals surface area contributed by atoms with E-state index < -0.39 is 0 Å². The molecule has 4 heterocycles. The van der Waals surface area contributed by atoms with Crippen LogP contribution in [0.2, 0.25) is 0 Å². The molecule has 0 aliphatic heterocycles. The minimum atomic E-state index is 0.860. The summed E-state index contributed by atoms with van der Waals surface area (Å²) in [6.45, 7) is 0. The van der Waals surface area contributed by atoms with Crippen LogP contribution in [0.15, 0.2) is 170 Å². The Kier molecular flexibility index (Phi) is 5.84. The van der Waals surface area contributed by atoms with E-state index in [2.05, 4.69) is 173 Å². The van der Waals surface area contributed by atoms with Crippen molar-refractivity contribution in [3.63, 3.8) is 0 Å². The summed E-state index contributed by atoms with van der Waals surface area (Å²) in [6.07, 6.45) is 0. The lowest BCUT2D eigenvalue weighted by molar-refractivity contribution is 1.09. The highest BCUT2D eigenvalue weighted by atomic mass is 15.1. The number of pyridine rings is 2. The van der Waals surface area contributed by atoms with Gasteiger partial charge in [-0.15, -0.1) is 0 Å². The number of rotatable bonds is 4. The molecule has 10 rings (SSSR count). The van der Waals surface area contributed by atoms with Gasteiger partial charge in [0.05, 0.1) is 39.0 Å². The highest BCUT2D eigenvalue weighted by molar-refractivity contribution is 6.23. The second kappa shape index (κ2) is 10.5. The van der Waals surface area contributed by atoms with Crippen LogP contribution in [-0.4, -0.2) is 19.1 Å². The fourth-order valence-corrected chi connectivity index (χ4v) is 7.43. The van der Waals surface area contributed by atoms with Gasteiger partial charge < -0.3 is 4.57 Å². The lowest BCUT2D eigenvalue weighted by Crippen LogP contribution is -2.02. The number of benzene rings is 6. The summed E-state index contributed by atoms with van der Waals surface area (Å²) >= 11 is 0. The molecule has 224 valence electrons. The summed E-state index contributed by atoms with van der Waals surface area (Å²) in [5.74, 6) is 0.860. The van der Waals surface area contributed by atoms with Crippen molar-refractivity contribution in [2.45, 2.75) is 0 Å². The van der Waals surface area contributed by atoms with Crippen molar-refractivity contribution < 1.29 is 0 Å². The quantitative estimate of drug-likeness (QED) is 0.198. The van der Waals surface area contributed by atoms with Gasteiger partial charge in [-0.1, -0.05) is 121 Å². The third-order valence-corrected chi connectivity index (χ3v) is 9.51. The molecule has 0 saturated heterocycles. The molecular formula is C44H28N4. The molecule has 10 aromatic rings. The number of hydrogen-bond acceptors (Lipinski definition) is 2. The van der Waals surface area contributed by atoms with E-state index in [1.807, 2.05) is 6.07 Å². The topological polar surface area (TPSA) is 35.6 Å². The minimum Gasteiger partial charge on any atom is -0.307 e. The van der Waals surface area contributed by atoms with Gasteiger partial charge in [0.2, 0.25) is 0 Å². The van der Waals surface area contributed by atoms with Gasteiger partial charge in [-0.25, -0.2) is 9.97 Å². The van der Waals surface area contributed by atoms with Crippen LogP contribution >= 0.6 is 0 Å². The number of aromatic nitrogens is 4. The largest absolute Gasteiger partial charge is 0.307 e. The average Bonchev–Trinajstić information content (AvgIpc) is 3.68. The van der Waals surface area contributed by atoms with Crippen LogP contribution in [0.1, 0.15) is 0 Å². The molecule has 0 radical (unpaired) electrons.